The van der Waals surface area contributed by atoms with Crippen LogP contribution in [0.1, 0.15) is 30.0 Å². The molecule has 3 aromatic rings. The van der Waals surface area contributed by atoms with E-state index in [0.29, 0.717) is 6.04 Å². The summed E-state index contributed by atoms with van der Waals surface area (Å²) in [7, 11) is 0. The van der Waals surface area contributed by atoms with E-state index >= 15 is 0 Å². The summed E-state index contributed by atoms with van der Waals surface area (Å²) >= 11 is 6.01. The third-order valence-electron chi connectivity index (χ3n) is 5.27. The second kappa shape index (κ2) is 8.70. The van der Waals surface area contributed by atoms with Crippen molar-refractivity contribution < 1.29 is 0 Å². The lowest BCUT2D eigenvalue weighted by atomic mass is 10.0. The summed E-state index contributed by atoms with van der Waals surface area (Å²) in [5, 5.41) is 11.8. The molecule has 1 fully saturated rings. The predicted molar refractivity (Wildman–Crippen MR) is 111 cm³/mol. The van der Waals surface area contributed by atoms with Crippen LogP contribution in [0.3, 0.4) is 0 Å². The molecule has 0 aliphatic carbocycles. The van der Waals surface area contributed by atoms with Crippen LogP contribution in [0.4, 0.5) is 0 Å². The summed E-state index contributed by atoms with van der Waals surface area (Å²) in [6.45, 7) is 4.08. The molecule has 1 atom stereocenters. The van der Waals surface area contributed by atoms with Crippen LogP contribution >= 0.6 is 11.6 Å². The fourth-order valence-electron chi connectivity index (χ4n) is 3.84. The second-order valence-electron chi connectivity index (χ2n) is 7.08. The fraction of sp³-hybridized carbons (Fsp3) is 0.318. The van der Waals surface area contributed by atoms with Crippen LogP contribution < -0.4 is 5.32 Å². The lowest BCUT2D eigenvalue weighted by molar-refractivity contribution is 0.238. The van der Waals surface area contributed by atoms with Crippen LogP contribution in [-0.2, 0) is 6.54 Å². The molecule has 1 aliphatic heterocycles. The quantitative estimate of drug-likeness (QED) is 0.626. The molecule has 0 amide bonds. The minimum Gasteiger partial charge on any atom is -0.311 e. The number of likely N-dealkylation sites (tertiary alicyclic amines) is 1. The van der Waals surface area contributed by atoms with E-state index < -0.39 is 0 Å². The van der Waals surface area contributed by atoms with Crippen LogP contribution in [0.25, 0.3) is 11.3 Å². The van der Waals surface area contributed by atoms with Gasteiger partial charge in [0.1, 0.15) is 0 Å². The Balaban J connectivity index is 1.44. The summed E-state index contributed by atoms with van der Waals surface area (Å²) in [6, 6.07) is 19.1. The molecule has 0 spiro atoms. The van der Waals surface area contributed by atoms with Crippen molar-refractivity contribution in [2.24, 2.45) is 0 Å². The number of aromatic nitrogens is 2. The van der Waals surface area contributed by atoms with Gasteiger partial charge in [0, 0.05) is 29.7 Å². The van der Waals surface area contributed by atoms with Gasteiger partial charge in [0.2, 0.25) is 0 Å². The van der Waals surface area contributed by atoms with Gasteiger partial charge in [0.05, 0.1) is 11.9 Å². The maximum Gasteiger partial charge on any atom is 0.0695 e. The fourth-order valence-corrected chi connectivity index (χ4v) is 3.97. The van der Waals surface area contributed by atoms with E-state index in [1.54, 1.807) is 0 Å². The zero-order valence-corrected chi connectivity index (χ0v) is 16.1. The summed E-state index contributed by atoms with van der Waals surface area (Å²) in [5.41, 5.74) is 4.71. The standard InChI is InChI=1S/C22H25ClN4/c23-20-10-8-18(9-11-20)22-19(15-25-26-22)14-24-16-21(27-12-4-5-13-27)17-6-2-1-3-7-17/h1-3,6-11,15,21,24H,4-5,12-14,16H2,(H,25,26). The van der Waals surface area contributed by atoms with Gasteiger partial charge in [-0.25, -0.2) is 0 Å². The molecule has 4 rings (SSSR count). The molecule has 0 radical (unpaired) electrons. The van der Waals surface area contributed by atoms with Crippen molar-refractivity contribution in [3.8, 4) is 11.3 Å². The first-order valence-electron chi connectivity index (χ1n) is 9.59. The Hall–Kier alpha value is -2.14. The highest BCUT2D eigenvalue weighted by molar-refractivity contribution is 6.30. The van der Waals surface area contributed by atoms with E-state index in [4.69, 9.17) is 11.6 Å². The van der Waals surface area contributed by atoms with Crippen molar-refractivity contribution in [3.05, 3.63) is 76.9 Å². The van der Waals surface area contributed by atoms with Crippen molar-refractivity contribution in [2.75, 3.05) is 19.6 Å². The third kappa shape index (κ3) is 4.41. The number of nitrogens with one attached hydrogen (secondary N) is 2. The number of benzene rings is 2. The zero-order chi connectivity index (χ0) is 18.5. The number of hydrogen-bond acceptors (Lipinski definition) is 3. The van der Waals surface area contributed by atoms with Gasteiger partial charge in [-0.15, -0.1) is 0 Å². The van der Waals surface area contributed by atoms with Gasteiger partial charge in [-0.2, -0.15) is 5.10 Å². The number of aromatic amines is 1. The molecule has 5 heteroatoms. The van der Waals surface area contributed by atoms with Crippen molar-refractivity contribution in [2.45, 2.75) is 25.4 Å². The average Bonchev–Trinajstić information content (AvgIpc) is 3.39. The number of H-pyrrole nitrogens is 1. The van der Waals surface area contributed by atoms with Gasteiger partial charge in [-0.05, 0) is 49.2 Å². The molecule has 2 N–H and O–H groups in total. The number of halogens is 1. The highest BCUT2D eigenvalue weighted by Gasteiger charge is 2.23. The summed E-state index contributed by atoms with van der Waals surface area (Å²) in [4.78, 5) is 2.60. The van der Waals surface area contributed by atoms with Gasteiger partial charge < -0.3 is 5.32 Å². The molecule has 1 aliphatic rings. The zero-order valence-electron chi connectivity index (χ0n) is 15.4. The molecule has 1 aromatic heterocycles. The Morgan fingerprint density at radius 3 is 2.52 bits per heavy atom. The van der Waals surface area contributed by atoms with Gasteiger partial charge in [-0.3, -0.25) is 10.00 Å². The molecule has 1 unspecified atom stereocenters. The SMILES string of the molecule is Clc1ccc(-c2[nH]ncc2CNCC(c2ccccc2)N2CCCC2)cc1. The minimum atomic E-state index is 0.416. The Labute approximate surface area is 165 Å². The highest BCUT2D eigenvalue weighted by atomic mass is 35.5. The van der Waals surface area contributed by atoms with Crippen LogP contribution in [0.5, 0.6) is 0 Å². The predicted octanol–water partition coefficient (Wildman–Crippen LogP) is 4.66. The van der Waals surface area contributed by atoms with Crippen molar-refractivity contribution in [1.82, 2.24) is 20.4 Å². The van der Waals surface area contributed by atoms with E-state index in [1.165, 1.54) is 37.1 Å². The molecule has 1 saturated heterocycles. The molecule has 140 valence electrons. The topological polar surface area (TPSA) is 44.0 Å². The normalized spacial score (nSPS) is 15.9. The van der Waals surface area contributed by atoms with Crippen LogP contribution in [0.15, 0.2) is 60.8 Å². The van der Waals surface area contributed by atoms with Crippen molar-refractivity contribution in [3.63, 3.8) is 0 Å². The summed E-state index contributed by atoms with van der Waals surface area (Å²) in [5.74, 6) is 0. The van der Waals surface area contributed by atoms with Gasteiger partial charge in [0.15, 0.2) is 0 Å². The first-order valence-corrected chi connectivity index (χ1v) is 9.97. The Kier molecular flexibility index (Phi) is 5.87. The number of hydrogen-bond donors (Lipinski definition) is 2. The van der Waals surface area contributed by atoms with Gasteiger partial charge >= 0.3 is 0 Å². The Morgan fingerprint density at radius 1 is 1.04 bits per heavy atom. The molecular formula is C22H25ClN4. The maximum atomic E-state index is 6.01. The lowest BCUT2D eigenvalue weighted by Gasteiger charge is -2.28. The molecule has 0 bridgehead atoms. The van der Waals surface area contributed by atoms with Crippen molar-refractivity contribution in [1.29, 1.82) is 0 Å². The number of rotatable bonds is 7. The van der Waals surface area contributed by atoms with Gasteiger partial charge in [0.25, 0.3) is 0 Å². The first-order chi connectivity index (χ1) is 13.3. The Bertz CT molecular complexity index is 838. The molecule has 27 heavy (non-hydrogen) atoms. The Morgan fingerprint density at radius 2 is 1.78 bits per heavy atom. The van der Waals surface area contributed by atoms with Crippen LogP contribution in [0, 0.1) is 0 Å². The minimum absolute atomic E-state index is 0.416. The maximum absolute atomic E-state index is 6.01. The second-order valence-corrected chi connectivity index (χ2v) is 7.51. The summed E-state index contributed by atoms with van der Waals surface area (Å²) in [6.07, 6.45) is 4.50. The summed E-state index contributed by atoms with van der Waals surface area (Å²) < 4.78 is 0. The molecule has 0 saturated carbocycles. The lowest BCUT2D eigenvalue weighted by Crippen LogP contribution is -2.34. The average molecular weight is 381 g/mol. The van der Waals surface area contributed by atoms with Crippen LogP contribution in [-0.4, -0.2) is 34.7 Å². The van der Waals surface area contributed by atoms with E-state index in [-0.39, 0.29) is 0 Å². The van der Waals surface area contributed by atoms with E-state index in [9.17, 15) is 0 Å². The van der Waals surface area contributed by atoms with Gasteiger partial charge in [-0.1, -0.05) is 54.1 Å². The van der Waals surface area contributed by atoms with E-state index in [2.05, 4.69) is 50.7 Å². The van der Waals surface area contributed by atoms with Crippen molar-refractivity contribution >= 4 is 11.6 Å². The molecular weight excluding hydrogens is 356 g/mol. The molecule has 4 nitrogen and oxygen atoms in total. The molecule has 2 heterocycles. The number of nitrogens with zero attached hydrogens (tertiary/aromatic N) is 2. The van der Waals surface area contributed by atoms with E-state index in [1.807, 2.05) is 30.5 Å². The monoisotopic (exact) mass is 380 g/mol. The van der Waals surface area contributed by atoms with E-state index in [0.717, 1.165) is 29.4 Å². The smallest absolute Gasteiger partial charge is 0.0695 e. The third-order valence-corrected chi connectivity index (χ3v) is 5.52. The largest absolute Gasteiger partial charge is 0.311 e. The highest BCUT2D eigenvalue weighted by Crippen LogP contribution is 2.26. The molecule has 2 aromatic carbocycles. The first kappa shape index (κ1) is 18.2. The van der Waals surface area contributed by atoms with Crippen LogP contribution in [0.2, 0.25) is 5.02 Å².